The lowest BCUT2D eigenvalue weighted by molar-refractivity contribution is 0.572. The zero-order valence-corrected chi connectivity index (χ0v) is 14.6. The lowest BCUT2D eigenvalue weighted by atomic mass is 10.2. The summed E-state index contributed by atoms with van der Waals surface area (Å²) >= 11 is 0. The first-order valence-corrected chi connectivity index (χ1v) is 6.68. The van der Waals surface area contributed by atoms with Crippen molar-refractivity contribution in [3.63, 3.8) is 0 Å². The molecule has 0 fully saturated rings. The van der Waals surface area contributed by atoms with Gasteiger partial charge in [-0.1, -0.05) is 32.0 Å². The van der Waals surface area contributed by atoms with Gasteiger partial charge in [0.1, 0.15) is 12.0 Å². The molecule has 1 aromatic carbocycles. The van der Waals surface area contributed by atoms with E-state index in [1.807, 2.05) is 30.3 Å². The van der Waals surface area contributed by atoms with Crippen LogP contribution in [0, 0.1) is 5.92 Å². The van der Waals surface area contributed by atoms with Crippen molar-refractivity contribution in [2.24, 2.45) is 16.6 Å². The van der Waals surface area contributed by atoms with Gasteiger partial charge in [-0.2, -0.15) is 0 Å². The fourth-order valence-electron chi connectivity index (χ4n) is 1.62. The maximum absolute atomic E-state index is 5.77. The van der Waals surface area contributed by atoms with Gasteiger partial charge >= 0.3 is 0 Å². The molecule has 0 atom stereocenters. The summed E-state index contributed by atoms with van der Waals surface area (Å²) in [6.45, 7) is 5.45. The summed E-state index contributed by atoms with van der Waals surface area (Å²) in [5.41, 5.74) is 7.48. The highest BCUT2D eigenvalue weighted by Crippen LogP contribution is 2.18. The molecule has 5 nitrogen and oxygen atoms in total. The standard InChI is InChI=1S/C15H20N4O.HI/c1-11(2)8-17-15(16)18-9-13-10-20-14(19-13)12-6-4-3-5-7-12;/h3-7,10-11H,8-9H2,1-2H3,(H3,16,17,18);1H. The lowest BCUT2D eigenvalue weighted by Gasteiger charge is -2.07. The van der Waals surface area contributed by atoms with E-state index in [1.54, 1.807) is 6.26 Å². The quantitative estimate of drug-likeness (QED) is 0.460. The van der Waals surface area contributed by atoms with Crippen molar-refractivity contribution in [3.8, 4) is 11.5 Å². The van der Waals surface area contributed by atoms with Crippen LogP contribution in [0.5, 0.6) is 0 Å². The molecule has 0 amide bonds. The third-order valence-electron chi connectivity index (χ3n) is 2.68. The van der Waals surface area contributed by atoms with Crippen LogP contribution < -0.4 is 11.1 Å². The molecule has 0 aliphatic heterocycles. The molecule has 114 valence electrons. The number of nitrogens with two attached hydrogens (primary N) is 1. The second-order valence-corrected chi connectivity index (χ2v) is 4.99. The fraction of sp³-hybridized carbons (Fsp3) is 0.333. The molecular weight excluding hydrogens is 379 g/mol. The van der Waals surface area contributed by atoms with E-state index in [9.17, 15) is 0 Å². The van der Waals surface area contributed by atoms with Gasteiger partial charge in [0.05, 0.1) is 6.54 Å². The fourth-order valence-corrected chi connectivity index (χ4v) is 1.62. The van der Waals surface area contributed by atoms with Crippen LogP contribution in [0.2, 0.25) is 0 Å². The van der Waals surface area contributed by atoms with Gasteiger partial charge in [0.15, 0.2) is 5.96 Å². The molecule has 0 bridgehead atoms. The van der Waals surface area contributed by atoms with Gasteiger partial charge in [0.25, 0.3) is 0 Å². The number of benzene rings is 1. The Bertz CT molecular complexity index is 566. The molecule has 2 rings (SSSR count). The van der Waals surface area contributed by atoms with Gasteiger partial charge in [-0.3, -0.25) is 0 Å². The average molecular weight is 400 g/mol. The summed E-state index contributed by atoms with van der Waals surface area (Å²) in [6, 6.07) is 9.77. The second kappa shape index (κ2) is 8.66. The topological polar surface area (TPSA) is 76.4 Å². The van der Waals surface area contributed by atoms with Crippen molar-refractivity contribution in [3.05, 3.63) is 42.3 Å². The normalized spacial score (nSPS) is 11.3. The van der Waals surface area contributed by atoms with E-state index in [0.29, 0.717) is 24.3 Å². The van der Waals surface area contributed by atoms with Gasteiger partial charge in [-0.15, -0.1) is 24.0 Å². The summed E-state index contributed by atoms with van der Waals surface area (Å²) in [7, 11) is 0. The summed E-state index contributed by atoms with van der Waals surface area (Å²) in [5, 5.41) is 3.06. The summed E-state index contributed by atoms with van der Waals surface area (Å²) in [5.74, 6) is 1.56. The van der Waals surface area contributed by atoms with E-state index < -0.39 is 0 Å². The van der Waals surface area contributed by atoms with E-state index in [1.165, 1.54) is 0 Å². The van der Waals surface area contributed by atoms with Crippen molar-refractivity contribution in [2.45, 2.75) is 20.4 Å². The number of hydrogen-bond acceptors (Lipinski definition) is 3. The molecule has 1 heterocycles. The summed E-state index contributed by atoms with van der Waals surface area (Å²) in [4.78, 5) is 8.62. The van der Waals surface area contributed by atoms with Gasteiger partial charge in [-0.25, -0.2) is 9.98 Å². The Labute approximate surface area is 142 Å². The Kier molecular flexibility index (Phi) is 7.21. The summed E-state index contributed by atoms with van der Waals surface area (Å²) in [6.07, 6.45) is 1.61. The van der Waals surface area contributed by atoms with Crippen LogP contribution in [0.15, 0.2) is 46.0 Å². The molecule has 0 radical (unpaired) electrons. The monoisotopic (exact) mass is 400 g/mol. The van der Waals surface area contributed by atoms with Crippen molar-refractivity contribution >= 4 is 29.9 Å². The largest absolute Gasteiger partial charge is 0.444 e. The van der Waals surface area contributed by atoms with Gasteiger partial charge in [0, 0.05) is 12.1 Å². The van der Waals surface area contributed by atoms with Crippen molar-refractivity contribution in [1.82, 2.24) is 10.3 Å². The summed E-state index contributed by atoms with van der Waals surface area (Å²) < 4.78 is 5.44. The van der Waals surface area contributed by atoms with Crippen LogP contribution in [-0.2, 0) is 6.54 Å². The Morgan fingerprint density at radius 1 is 1.33 bits per heavy atom. The number of hydrogen-bond donors (Lipinski definition) is 2. The number of aromatic nitrogens is 1. The van der Waals surface area contributed by atoms with Gasteiger partial charge in [0.2, 0.25) is 5.89 Å². The van der Waals surface area contributed by atoms with Crippen LogP contribution in [0.3, 0.4) is 0 Å². The third kappa shape index (κ3) is 5.74. The Hall–Kier alpha value is -1.57. The molecule has 0 aliphatic rings. The number of guanidine groups is 1. The molecule has 0 spiro atoms. The Balaban J connectivity index is 0.00000220. The minimum Gasteiger partial charge on any atom is -0.444 e. The molecular formula is C15H21IN4O. The molecule has 0 saturated heterocycles. The molecule has 0 aliphatic carbocycles. The minimum atomic E-state index is 0. The second-order valence-electron chi connectivity index (χ2n) is 4.99. The van der Waals surface area contributed by atoms with Crippen molar-refractivity contribution in [1.29, 1.82) is 0 Å². The van der Waals surface area contributed by atoms with Crippen molar-refractivity contribution < 1.29 is 4.42 Å². The Morgan fingerprint density at radius 3 is 2.71 bits per heavy atom. The highest BCUT2D eigenvalue weighted by molar-refractivity contribution is 14.0. The minimum absolute atomic E-state index is 0. The predicted molar refractivity (Wildman–Crippen MR) is 95.5 cm³/mol. The number of oxazole rings is 1. The molecule has 1 aromatic heterocycles. The van der Waals surface area contributed by atoms with Crippen LogP contribution in [0.4, 0.5) is 0 Å². The predicted octanol–water partition coefficient (Wildman–Crippen LogP) is 3.02. The van der Waals surface area contributed by atoms with E-state index in [-0.39, 0.29) is 24.0 Å². The van der Waals surface area contributed by atoms with Crippen LogP contribution in [-0.4, -0.2) is 17.5 Å². The molecule has 21 heavy (non-hydrogen) atoms. The van der Waals surface area contributed by atoms with Crippen LogP contribution in [0.25, 0.3) is 11.5 Å². The number of aliphatic imine (C=N–C) groups is 1. The highest BCUT2D eigenvalue weighted by atomic mass is 127. The van der Waals surface area contributed by atoms with E-state index in [2.05, 4.69) is 29.1 Å². The van der Waals surface area contributed by atoms with Crippen LogP contribution in [0.1, 0.15) is 19.5 Å². The highest BCUT2D eigenvalue weighted by Gasteiger charge is 2.05. The van der Waals surface area contributed by atoms with E-state index in [4.69, 9.17) is 10.2 Å². The molecule has 0 unspecified atom stereocenters. The number of halogens is 1. The molecule has 6 heteroatoms. The average Bonchev–Trinajstić information content (AvgIpc) is 2.93. The van der Waals surface area contributed by atoms with E-state index in [0.717, 1.165) is 17.8 Å². The molecule has 0 saturated carbocycles. The number of nitrogens with one attached hydrogen (secondary N) is 1. The zero-order chi connectivity index (χ0) is 14.4. The third-order valence-corrected chi connectivity index (χ3v) is 2.68. The molecule has 2 aromatic rings. The maximum atomic E-state index is 5.77. The van der Waals surface area contributed by atoms with Gasteiger partial charge < -0.3 is 15.5 Å². The molecule has 3 N–H and O–H groups in total. The smallest absolute Gasteiger partial charge is 0.226 e. The van der Waals surface area contributed by atoms with Gasteiger partial charge in [-0.05, 0) is 18.1 Å². The lowest BCUT2D eigenvalue weighted by Crippen LogP contribution is -2.34. The first-order valence-electron chi connectivity index (χ1n) is 6.68. The Morgan fingerprint density at radius 2 is 2.05 bits per heavy atom. The van der Waals surface area contributed by atoms with Crippen molar-refractivity contribution in [2.75, 3.05) is 6.54 Å². The first-order chi connectivity index (χ1) is 9.65. The zero-order valence-electron chi connectivity index (χ0n) is 12.2. The first kappa shape index (κ1) is 17.5. The number of nitrogens with zero attached hydrogens (tertiary/aromatic N) is 2. The SMILES string of the molecule is CC(C)CNC(N)=NCc1coc(-c2ccccc2)n1.I. The maximum Gasteiger partial charge on any atom is 0.226 e. The number of rotatable bonds is 5. The van der Waals surface area contributed by atoms with E-state index >= 15 is 0 Å². The van der Waals surface area contributed by atoms with Crippen LogP contribution >= 0.6 is 24.0 Å².